The number of aryl methyl sites for hydroxylation is 1. The first-order chi connectivity index (χ1) is 13.6. The highest BCUT2D eigenvalue weighted by atomic mass is 16.6. The highest BCUT2D eigenvalue weighted by Gasteiger charge is 2.03. The molecule has 0 spiro atoms. The van der Waals surface area contributed by atoms with Crippen molar-refractivity contribution >= 4 is 11.4 Å². The lowest BCUT2D eigenvalue weighted by molar-refractivity contribution is 0.141. The van der Waals surface area contributed by atoms with Crippen LogP contribution in [0.4, 0.5) is 0 Å². The molecule has 2 aromatic heterocycles. The van der Waals surface area contributed by atoms with Crippen LogP contribution in [0.2, 0.25) is 0 Å². The van der Waals surface area contributed by atoms with E-state index in [4.69, 9.17) is 14.8 Å². The SMILES string of the molecule is CO/N=C(\C)c1cccc(CCCO/N=C(\C)c2cccc(C#CCO)n2)n1. The molecule has 7 nitrogen and oxygen atoms in total. The van der Waals surface area contributed by atoms with Crippen molar-refractivity contribution in [2.45, 2.75) is 26.7 Å². The average Bonchev–Trinajstić information content (AvgIpc) is 2.72. The van der Waals surface area contributed by atoms with Crippen LogP contribution in [0, 0.1) is 11.8 Å². The molecule has 0 unspecified atom stereocenters. The zero-order chi connectivity index (χ0) is 20.2. The van der Waals surface area contributed by atoms with Gasteiger partial charge in [-0.1, -0.05) is 28.4 Å². The Hall–Kier alpha value is -3.24. The third kappa shape index (κ3) is 6.82. The molecule has 0 radical (unpaired) electrons. The second-order valence-electron chi connectivity index (χ2n) is 5.85. The van der Waals surface area contributed by atoms with Gasteiger partial charge in [0.2, 0.25) is 0 Å². The van der Waals surface area contributed by atoms with Crippen molar-refractivity contribution in [1.29, 1.82) is 0 Å². The third-order valence-corrected chi connectivity index (χ3v) is 3.69. The van der Waals surface area contributed by atoms with E-state index in [1.165, 1.54) is 7.11 Å². The molecule has 28 heavy (non-hydrogen) atoms. The van der Waals surface area contributed by atoms with Crippen LogP contribution in [0.25, 0.3) is 0 Å². The Morgan fingerprint density at radius 2 is 1.75 bits per heavy atom. The van der Waals surface area contributed by atoms with Crippen molar-refractivity contribution < 1.29 is 14.8 Å². The molecule has 0 aliphatic heterocycles. The molecule has 2 aromatic rings. The van der Waals surface area contributed by atoms with Crippen LogP contribution < -0.4 is 0 Å². The van der Waals surface area contributed by atoms with Gasteiger partial charge in [0.1, 0.15) is 37.4 Å². The lowest BCUT2D eigenvalue weighted by Crippen LogP contribution is -2.04. The van der Waals surface area contributed by atoms with E-state index in [9.17, 15) is 0 Å². The van der Waals surface area contributed by atoms with Crippen molar-refractivity contribution in [1.82, 2.24) is 9.97 Å². The monoisotopic (exact) mass is 380 g/mol. The smallest absolute Gasteiger partial charge is 0.117 e. The molecule has 0 aromatic carbocycles. The number of hydrogen-bond donors (Lipinski definition) is 1. The molecule has 0 amide bonds. The summed E-state index contributed by atoms with van der Waals surface area (Å²) in [6.07, 6.45) is 1.55. The summed E-state index contributed by atoms with van der Waals surface area (Å²) in [5, 5.41) is 16.8. The Balaban J connectivity index is 1.85. The number of aromatic nitrogens is 2. The lowest BCUT2D eigenvalue weighted by atomic mass is 10.2. The van der Waals surface area contributed by atoms with Gasteiger partial charge < -0.3 is 14.8 Å². The van der Waals surface area contributed by atoms with Gasteiger partial charge in [-0.2, -0.15) is 0 Å². The number of oxime groups is 2. The van der Waals surface area contributed by atoms with Crippen molar-refractivity contribution in [2.24, 2.45) is 10.3 Å². The molecule has 0 aliphatic carbocycles. The van der Waals surface area contributed by atoms with Crippen LogP contribution in [0.15, 0.2) is 46.7 Å². The second kappa shape index (κ2) is 11.5. The van der Waals surface area contributed by atoms with Gasteiger partial charge in [0.05, 0.1) is 11.4 Å². The Bertz CT molecular complexity index is 898. The first kappa shape index (κ1) is 21.1. The molecule has 0 bridgehead atoms. The summed E-state index contributed by atoms with van der Waals surface area (Å²) in [6.45, 7) is 3.96. The van der Waals surface area contributed by atoms with Crippen molar-refractivity contribution in [3.8, 4) is 11.8 Å². The van der Waals surface area contributed by atoms with Gasteiger partial charge in [0, 0.05) is 5.69 Å². The standard InChI is InChI=1S/C21H24N4O3/c1-16(24-27-3)20-12-5-9-19(23-20)11-7-15-28-25-17(2)21-13-4-8-18(22-21)10-6-14-26/h4-5,8-9,12-13,26H,7,11,14-15H2,1-3H3/b24-16+,25-17+. The van der Waals surface area contributed by atoms with E-state index in [1.807, 2.05) is 44.2 Å². The van der Waals surface area contributed by atoms with Crippen LogP contribution in [0.1, 0.15) is 43.0 Å². The molecule has 2 heterocycles. The molecule has 0 atom stereocenters. The predicted molar refractivity (Wildman–Crippen MR) is 108 cm³/mol. The highest BCUT2D eigenvalue weighted by Crippen LogP contribution is 2.05. The van der Waals surface area contributed by atoms with Gasteiger partial charge in [-0.3, -0.25) is 4.98 Å². The largest absolute Gasteiger partial charge is 0.399 e. The molecule has 0 saturated carbocycles. The minimum Gasteiger partial charge on any atom is -0.399 e. The van der Waals surface area contributed by atoms with Crippen LogP contribution >= 0.6 is 0 Å². The van der Waals surface area contributed by atoms with Gasteiger partial charge in [-0.05, 0) is 56.9 Å². The summed E-state index contributed by atoms with van der Waals surface area (Å²) < 4.78 is 0. The van der Waals surface area contributed by atoms with Gasteiger partial charge in [-0.15, -0.1) is 0 Å². The summed E-state index contributed by atoms with van der Waals surface area (Å²) in [5.74, 6) is 5.35. The molecule has 146 valence electrons. The fourth-order valence-electron chi connectivity index (χ4n) is 2.35. The van der Waals surface area contributed by atoms with Crippen molar-refractivity contribution in [3.05, 3.63) is 59.2 Å². The van der Waals surface area contributed by atoms with Crippen LogP contribution in [0.3, 0.4) is 0 Å². The number of aliphatic hydroxyl groups is 1. The molecule has 1 N–H and O–H groups in total. The molecule has 7 heteroatoms. The second-order valence-corrected chi connectivity index (χ2v) is 5.85. The van der Waals surface area contributed by atoms with E-state index >= 15 is 0 Å². The zero-order valence-corrected chi connectivity index (χ0v) is 16.3. The maximum atomic E-state index is 8.76. The molecule has 2 rings (SSSR count). The van der Waals surface area contributed by atoms with E-state index in [0.29, 0.717) is 23.7 Å². The fourth-order valence-corrected chi connectivity index (χ4v) is 2.35. The third-order valence-electron chi connectivity index (χ3n) is 3.69. The number of pyridine rings is 2. The maximum absolute atomic E-state index is 8.76. The van der Waals surface area contributed by atoms with Crippen LogP contribution in [-0.2, 0) is 16.1 Å². The van der Waals surface area contributed by atoms with Crippen molar-refractivity contribution in [2.75, 3.05) is 20.3 Å². The van der Waals surface area contributed by atoms with Gasteiger partial charge >= 0.3 is 0 Å². The van der Waals surface area contributed by atoms with Gasteiger partial charge in [0.15, 0.2) is 0 Å². The summed E-state index contributed by atoms with van der Waals surface area (Å²) in [7, 11) is 1.52. The molecule has 0 saturated heterocycles. The van der Waals surface area contributed by atoms with Crippen molar-refractivity contribution in [3.63, 3.8) is 0 Å². The van der Waals surface area contributed by atoms with Crippen LogP contribution in [0.5, 0.6) is 0 Å². The first-order valence-corrected chi connectivity index (χ1v) is 8.92. The fraction of sp³-hybridized carbons (Fsp3) is 0.333. The normalized spacial score (nSPS) is 11.6. The molecule has 0 fully saturated rings. The van der Waals surface area contributed by atoms with Gasteiger partial charge in [-0.25, -0.2) is 4.98 Å². The highest BCUT2D eigenvalue weighted by molar-refractivity contribution is 5.97. The minimum atomic E-state index is -0.196. The lowest BCUT2D eigenvalue weighted by Gasteiger charge is -2.05. The summed E-state index contributed by atoms with van der Waals surface area (Å²) in [6, 6.07) is 11.3. The minimum absolute atomic E-state index is 0.196. The molecule has 0 aliphatic rings. The molecular weight excluding hydrogens is 356 g/mol. The Kier molecular flexibility index (Phi) is 8.63. The number of nitrogens with zero attached hydrogens (tertiary/aromatic N) is 4. The average molecular weight is 380 g/mol. The zero-order valence-electron chi connectivity index (χ0n) is 16.3. The van der Waals surface area contributed by atoms with Crippen LogP contribution in [-0.4, -0.2) is 46.8 Å². The first-order valence-electron chi connectivity index (χ1n) is 8.92. The predicted octanol–water partition coefficient (Wildman–Crippen LogP) is 2.56. The Labute approximate surface area is 165 Å². The number of hydrogen-bond acceptors (Lipinski definition) is 7. The summed E-state index contributed by atoms with van der Waals surface area (Å²) >= 11 is 0. The van der Waals surface area contributed by atoms with E-state index in [-0.39, 0.29) is 6.61 Å². The quantitative estimate of drug-likeness (QED) is 0.329. The van der Waals surface area contributed by atoms with Gasteiger partial charge in [0.25, 0.3) is 0 Å². The molecular formula is C21H24N4O3. The van der Waals surface area contributed by atoms with E-state index in [2.05, 4.69) is 32.1 Å². The van der Waals surface area contributed by atoms with E-state index < -0.39 is 0 Å². The Morgan fingerprint density at radius 1 is 1.04 bits per heavy atom. The number of rotatable bonds is 8. The summed E-state index contributed by atoms with van der Waals surface area (Å²) in [4.78, 5) is 19.1. The van der Waals surface area contributed by atoms with E-state index in [0.717, 1.165) is 29.9 Å². The summed E-state index contributed by atoms with van der Waals surface area (Å²) in [5.41, 5.74) is 4.43. The number of aliphatic hydroxyl groups excluding tert-OH is 1. The topological polar surface area (TPSA) is 89.2 Å². The van der Waals surface area contributed by atoms with E-state index in [1.54, 1.807) is 6.07 Å². The maximum Gasteiger partial charge on any atom is 0.117 e. The Morgan fingerprint density at radius 3 is 2.50 bits per heavy atom.